The molecule has 0 saturated carbocycles. The molecule has 1 fully saturated rings. The van der Waals surface area contributed by atoms with Crippen LogP contribution in [0.5, 0.6) is 11.5 Å². The Kier molecular flexibility index (Phi) is 5.90. The van der Waals surface area contributed by atoms with Gasteiger partial charge in [0.05, 0.1) is 17.6 Å². The number of hydrogen-bond acceptors (Lipinski definition) is 5. The molecule has 142 valence electrons. The fraction of sp³-hybridized carbons (Fsp3) is 0.350. The van der Waals surface area contributed by atoms with Gasteiger partial charge in [0, 0.05) is 12.6 Å². The molecule has 1 heterocycles. The van der Waals surface area contributed by atoms with Crippen molar-refractivity contribution in [1.29, 1.82) is 0 Å². The number of rotatable bonds is 7. The molecule has 0 N–H and O–H groups in total. The molecule has 0 aliphatic carbocycles. The normalized spacial score (nSPS) is 16.2. The highest BCUT2D eigenvalue weighted by Gasteiger charge is 2.30. The molecule has 1 aliphatic heterocycles. The number of carbonyl (C=O) groups is 1. The minimum absolute atomic E-state index is 0.0115. The van der Waals surface area contributed by atoms with Crippen LogP contribution in [0.2, 0.25) is 0 Å². The number of amides is 1. The van der Waals surface area contributed by atoms with Crippen LogP contribution >= 0.6 is 0 Å². The van der Waals surface area contributed by atoms with Gasteiger partial charge in [-0.25, -0.2) is 0 Å². The van der Waals surface area contributed by atoms with Crippen molar-refractivity contribution >= 4 is 11.6 Å². The highest BCUT2D eigenvalue weighted by Crippen LogP contribution is 2.33. The number of ether oxygens (including phenoxy) is 2. The van der Waals surface area contributed by atoms with Crippen LogP contribution in [-0.4, -0.2) is 35.5 Å². The second kappa shape index (κ2) is 8.53. The number of nitro benzene ring substituents is 1. The average Bonchev–Trinajstić information content (AvgIpc) is 3.17. The number of para-hydroxylation sites is 2. The number of benzene rings is 2. The van der Waals surface area contributed by atoms with Gasteiger partial charge in [0.2, 0.25) is 0 Å². The van der Waals surface area contributed by atoms with Gasteiger partial charge >= 0.3 is 5.69 Å². The Hall–Kier alpha value is -3.09. The predicted octanol–water partition coefficient (Wildman–Crippen LogP) is 3.74. The average molecular weight is 370 g/mol. The fourth-order valence-corrected chi connectivity index (χ4v) is 3.32. The maximum atomic E-state index is 12.7. The van der Waals surface area contributed by atoms with Crippen LogP contribution in [0, 0.1) is 10.1 Å². The SMILES string of the molecule is CCOc1ccc([C@H]2CCCN2C(=O)COc2ccccc2[N+](=O)[O-])cc1. The van der Waals surface area contributed by atoms with E-state index in [9.17, 15) is 14.9 Å². The van der Waals surface area contributed by atoms with Crippen LogP contribution in [0.15, 0.2) is 48.5 Å². The minimum Gasteiger partial charge on any atom is -0.494 e. The highest BCUT2D eigenvalue weighted by atomic mass is 16.6. The first-order valence-electron chi connectivity index (χ1n) is 8.98. The second-order valence-electron chi connectivity index (χ2n) is 6.26. The molecule has 0 radical (unpaired) electrons. The van der Waals surface area contributed by atoms with Gasteiger partial charge in [-0.2, -0.15) is 0 Å². The highest BCUT2D eigenvalue weighted by molar-refractivity contribution is 5.78. The van der Waals surface area contributed by atoms with E-state index in [1.165, 1.54) is 12.1 Å². The Bertz CT molecular complexity index is 806. The summed E-state index contributed by atoms with van der Waals surface area (Å²) in [4.78, 5) is 25.0. The van der Waals surface area contributed by atoms with Crippen molar-refractivity contribution in [1.82, 2.24) is 4.90 Å². The zero-order chi connectivity index (χ0) is 19.2. The van der Waals surface area contributed by atoms with E-state index in [0.717, 1.165) is 24.2 Å². The number of nitro groups is 1. The summed E-state index contributed by atoms with van der Waals surface area (Å²) in [6.07, 6.45) is 1.79. The molecule has 1 aliphatic rings. The van der Waals surface area contributed by atoms with E-state index in [1.807, 2.05) is 31.2 Å². The van der Waals surface area contributed by atoms with Gasteiger partial charge < -0.3 is 14.4 Å². The molecule has 27 heavy (non-hydrogen) atoms. The standard InChI is InChI=1S/C20H22N2O5/c1-2-26-16-11-9-15(10-12-16)17-7-5-13-21(17)20(23)14-27-19-8-4-3-6-18(19)22(24)25/h3-4,6,8-12,17H,2,5,7,13-14H2,1H3/t17-/m1/s1. The number of hydrogen-bond donors (Lipinski definition) is 0. The van der Waals surface area contributed by atoms with Crippen LogP contribution in [0.25, 0.3) is 0 Å². The summed E-state index contributed by atoms with van der Waals surface area (Å²) in [6.45, 7) is 2.97. The minimum atomic E-state index is -0.515. The van der Waals surface area contributed by atoms with Crippen molar-refractivity contribution in [3.05, 3.63) is 64.2 Å². The Labute approximate surface area is 157 Å². The molecule has 0 bridgehead atoms. The summed E-state index contributed by atoms with van der Waals surface area (Å²) in [5.74, 6) is 0.731. The van der Waals surface area contributed by atoms with Gasteiger partial charge in [-0.1, -0.05) is 24.3 Å². The van der Waals surface area contributed by atoms with Crippen LogP contribution < -0.4 is 9.47 Å². The van der Waals surface area contributed by atoms with E-state index < -0.39 is 4.92 Å². The van der Waals surface area contributed by atoms with Crippen LogP contribution in [-0.2, 0) is 4.79 Å². The van der Waals surface area contributed by atoms with Crippen LogP contribution in [0.4, 0.5) is 5.69 Å². The van der Waals surface area contributed by atoms with E-state index in [2.05, 4.69) is 0 Å². The summed E-state index contributed by atoms with van der Waals surface area (Å²) in [6, 6.07) is 13.8. The molecule has 3 rings (SSSR count). The number of likely N-dealkylation sites (tertiary alicyclic amines) is 1. The summed E-state index contributed by atoms with van der Waals surface area (Å²) < 4.78 is 10.9. The Morgan fingerprint density at radius 1 is 1.19 bits per heavy atom. The van der Waals surface area contributed by atoms with E-state index in [4.69, 9.17) is 9.47 Å². The number of nitrogens with zero attached hydrogens (tertiary/aromatic N) is 2. The van der Waals surface area contributed by atoms with Crippen molar-refractivity contribution in [2.45, 2.75) is 25.8 Å². The first-order valence-corrected chi connectivity index (χ1v) is 8.98. The quantitative estimate of drug-likeness (QED) is 0.548. The summed E-state index contributed by atoms with van der Waals surface area (Å²) in [5.41, 5.74) is 0.907. The van der Waals surface area contributed by atoms with Crippen molar-refractivity contribution in [3.63, 3.8) is 0 Å². The largest absolute Gasteiger partial charge is 0.494 e. The van der Waals surface area contributed by atoms with Crippen molar-refractivity contribution in [2.24, 2.45) is 0 Å². The fourth-order valence-electron chi connectivity index (χ4n) is 3.32. The first-order chi connectivity index (χ1) is 13.1. The molecule has 7 heteroatoms. The van der Waals surface area contributed by atoms with E-state index in [-0.39, 0.29) is 30.0 Å². The molecule has 1 saturated heterocycles. The maximum absolute atomic E-state index is 12.7. The van der Waals surface area contributed by atoms with E-state index in [0.29, 0.717) is 13.2 Å². The van der Waals surface area contributed by atoms with Gasteiger partial charge in [-0.05, 0) is 43.5 Å². The van der Waals surface area contributed by atoms with Crippen molar-refractivity contribution < 1.29 is 19.2 Å². The smallest absolute Gasteiger partial charge is 0.310 e. The number of carbonyl (C=O) groups excluding carboxylic acids is 1. The monoisotopic (exact) mass is 370 g/mol. The molecular weight excluding hydrogens is 348 g/mol. The summed E-state index contributed by atoms with van der Waals surface area (Å²) in [5, 5.41) is 11.1. The second-order valence-corrected chi connectivity index (χ2v) is 6.26. The van der Waals surface area contributed by atoms with Gasteiger partial charge in [0.25, 0.3) is 5.91 Å². The lowest BCUT2D eigenvalue weighted by atomic mass is 10.0. The van der Waals surface area contributed by atoms with Crippen LogP contribution in [0.1, 0.15) is 31.4 Å². The third-order valence-corrected chi connectivity index (χ3v) is 4.56. The van der Waals surface area contributed by atoms with Gasteiger partial charge in [0.1, 0.15) is 5.75 Å². The maximum Gasteiger partial charge on any atom is 0.310 e. The Balaban J connectivity index is 1.66. The predicted molar refractivity (Wildman–Crippen MR) is 99.9 cm³/mol. The van der Waals surface area contributed by atoms with Crippen molar-refractivity contribution in [2.75, 3.05) is 19.8 Å². The Morgan fingerprint density at radius 3 is 2.63 bits per heavy atom. The van der Waals surface area contributed by atoms with Crippen LogP contribution in [0.3, 0.4) is 0 Å². The van der Waals surface area contributed by atoms with E-state index >= 15 is 0 Å². The third-order valence-electron chi connectivity index (χ3n) is 4.56. The zero-order valence-corrected chi connectivity index (χ0v) is 15.2. The lowest BCUT2D eigenvalue weighted by Crippen LogP contribution is -2.34. The third kappa shape index (κ3) is 4.36. The lowest BCUT2D eigenvalue weighted by Gasteiger charge is -2.25. The van der Waals surface area contributed by atoms with E-state index in [1.54, 1.807) is 17.0 Å². The molecule has 0 unspecified atom stereocenters. The molecule has 0 aromatic heterocycles. The molecule has 0 spiro atoms. The van der Waals surface area contributed by atoms with Crippen molar-refractivity contribution in [3.8, 4) is 11.5 Å². The zero-order valence-electron chi connectivity index (χ0n) is 15.2. The van der Waals surface area contributed by atoms with Gasteiger partial charge in [0.15, 0.2) is 12.4 Å². The summed E-state index contributed by atoms with van der Waals surface area (Å²) >= 11 is 0. The summed E-state index contributed by atoms with van der Waals surface area (Å²) in [7, 11) is 0. The molecule has 7 nitrogen and oxygen atoms in total. The molecule has 1 atom stereocenters. The van der Waals surface area contributed by atoms with Gasteiger partial charge in [-0.3, -0.25) is 14.9 Å². The lowest BCUT2D eigenvalue weighted by molar-refractivity contribution is -0.385. The molecule has 2 aromatic rings. The molecular formula is C20H22N2O5. The first kappa shape index (κ1) is 18.7. The topological polar surface area (TPSA) is 81.9 Å². The molecule has 1 amide bonds. The van der Waals surface area contributed by atoms with Gasteiger partial charge in [-0.15, -0.1) is 0 Å². The molecule has 2 aromatic carbocycles. The Morgan fingerprint density at radius 2 is 1.93 bits per heavy atom.